The van der Waals surface area contributed by atoms with Crippen molar-refractivity contribution < 1.29 is 14.3 Å². The van der Waals surface area contributed by atoms with Gasteiger partial charge in [0.2, 0.25) is 0 Å². The van der Waals surface area contributed by atoms with Crippen LogP contribution in [-0.4, -0.2) is 24.3 Å². The summed E-state index contributed by atoms with van der Waals surface area (Å²) in [4.78, 5) is 31.3. The average molecular weight is 503 g/mol. The van der Waals surface area contributed by atoms with E-state index in [2.05, 4.69) is 4.99 Å². The summed E-state index contributed by atoms with van der Waals surface area (Å²) >= 11 is 13.5. The lowest BCUT2D eigenvalue weighted by Crippen LogP contribution is -2.39. The number of fused-ring (bicyclic) bond motifs is 1. The summed E-state index contributed by atoms with van der Waals surface area (Å²) in [5, 5.41) is 0.940. The van der Waals surface area contributed by atoms with Crippen LogP contribution in [0.3, 0.4) is 0 Å². The van der Waals surface area contributed by atoms with Crippen LogP contribution in [0.2, 0.25) is 10.0 Å². The third kappa shape index (κ3) is 4.49. The number of halogens is 2. The summed E-state index contributed by atoms with van der Waals surface area (Å²) in [6.07, 6.45) is 1.70. The molecule has 2 aromatic carbocycles. The second-order valence-corrected chi connectivity index (χ2v) is 9.09. The topological polar surface area (TPSA) is 69.9 Å². The molecule has 1 aliphatic heterocycles. The number of ether oxygens (including phenoxy) is 2. The lowest BCUT2D eigenvalue weighted by atomic mass is 9.96. The first-order valence-electron chi connectivity index (χ1n) is 10.1. The minimum absolute atomic E-state index is 0.280. The molecule has 0 N–H and O–H groups in total. The van der Waals surface area contributed by atoms with Crippen molar-refractivity contribution in [3.05, 3.63) is 94.6 Å². The molecule has 3 aromatic rings. The molecule has 0 spiro atoms. The summed E-state index contributed by atoms with van der Waals surface area (Å²) in [7, 11) is 1.31. The molecule has 1 aromatic heterocycles. The first-order valence-corrected chi connectivity index (χ1v) is 11.7. The fraction of sp³-hybridized carbons (Fsp3) is 0.208. The molecule has 1 atom stereocenters. The summed E-state index contributed by atoms with van der Waals surface area (Å²) in [5.41, 5.74) is 1.93. The Labute approximate surface area is 204 Å². The van der Waals surface area contributed by atoms with E-state index in [1.165, 1.54) is 23.0 Å². The Hall–Kier alpha value is -2.87. The number of methoxy groups -OCH3 is 1. The normalized spacial score (nSPS) is 15.8. The van der Waals surface area contributed by atoms with Crippen molar-refractivity contribution >= 4 is 46.6 Å². The van der Waals surface area contributed by atoms with Gasteiger partial charge in [0.1, 0.15) is 5.75 Å². The largest absolute Gasteiger partial charge is 0.494 e. The number of rotatable bonds is 5. The third-order valence-electron chi connectivity index (χ3n) is 5.18. The molecular formula is C24H20Cl2N2O4S. The zero-order valence-electron chi connectivity index (χ0n) is 18.1. The van der Waals surface area contributed by atoms with Gasteiger partial charge in [-0.15, -0.1) is 0 Å². The van der Waals surface area contributed by atoms with Crippen LogP contribution in [0.5, 0.6) is 5.75 Å². The van der Waals surface area contributed by atoms with E-state index in [0.717, 1.165) is 5.56 Å². The van der Waals surface area contributed by atoms with Gasteiger partial charge in [0.15, 0.2) is 4.80 Å². The minimum atomic E-state index is -0.688. The maximum absolute atomic E-state index is 13.5. The molecule has 170 valence electrons. The monoisotopic (exact) mass is 502 g/mol. The molecule has 2 heterocycles. The Kier molecular flexibility index (Phi) is 6.74. The number of esters is 1. The summed E-state index contributed by atoms with van der Waals surface area (Å²) in [6, 6.07) is 11.7. The molecule has 0 amide bonds. The number of carbonyl (C=O) groups is 1. The van der Waals surface area contributed by atoms with E-state index in [0.29, 0.717) is 48.6 Å². The first kappa shape index (κ1) is 23.3. The predicted octanol–water partition coefficient (Wildman–Crippen LogP) is 4.11. The molecule has 0 saturated heterocycles. The van der Waals surface area contributed by atoms with Crippen LogP contribution >= 0.6 is 34.5 Å². The Morgan fingerprint density at radius 2 is 1.94 bits per heavy atom. The van der Waals surface area contributed by atoms with Crippen LogP contribution in [0.15, 0.2) is 63.5 Å². The molecule has 0 bridgehead atoms. The van der Waals surface area contributed by atoms with Gasteiger partial charge in [-0.1, -0.05) is 52.7 Å². The number of allylic oxidation sites excluding steroid dienone is 1. The second-order valence-electron chi connectivity index (χ2n) is 7.24. The molecule has 1 unspecified atom stereocenters. The van der Waals surface area contributed by atoms with Crippen molar-refractivity contribution in [2.45, 2.75) is 19.9 Å². The molecule has 1 aliphatic rings. The van der Waals surface area contributed by atoms with Gasteiger partial charge in [-0.2, -0.15) is 0 Å². The average Bonchev–Trinajstić information content (AvgIpc) is 3.09. The molecule has 0 aliphatic carbocycles. The Morgan fingerprint density at radius 1 is 1.21 bits per heavy atom. The highest BCUT2D eigenvalue weighted by Gasteiger charge is 2.33. The van der Waals surface area contributed by atoms with Crippen molar-refractivity contribution in [3.63, 3.8) is 0 Å². The summed E-state index contributed by atoms with van der Waals surface area (Å²) in [5.74, 6) is 0.163. The van der Waals surface area contributed by atoms with Gasteiger partial charge in [0.25, 0.3) is 5.56 Å². The van der Waals surface area contributed by atoms with Gasteiger partial charge in [-0.3, -0.25) is 9.36 Å². The van der Waals surface area contributed by atoms with Crippen LogP contribution in [0.1, 0.15) is 31.0 Å². The smallest absolute Gasteiger partial charge is 0.338 e. The summed E-state index contributed by atoms with van der Waals surface area (Å²) in [6.45, 7) is 4.18. The van der Waals surface area contributed by atoms with Crippen molar-refractivity contribution in [3.8, 4) is 5.75 Å². The van der Waals surface area contributed by atoms with E-state index in [1.807, 2.05) is 31.2 Å². The lowest BCUT2D eigenvalue weighted by Gasteiger charge is -2.24. The van der Waals surface area contributed by atoms with Crippen LogP contribution in [-0.2, 0) is 9.53 Å². The fourth-order valence-corrected chi connectivity index (χ4v) is 5.18. The summed E-state index contributed by atoms with van der Waals surface area (Å²) < 4.78 is 12.5. The molecule has 0 saturated carbocycles. The van der Waals surface area contributed by atoms with Crippen molar-refractivity contribution in [1.29, 1.82) is 0 Å². The van der Waals surface area contributed by atoms with E-state index >= 15 is 0 Å². The van der Waals surface area contributed by atoms with Gasteiger partial charge >= 0.3 is 5.97 Å². The zero-order valence-corrected chi connectivity index (χ0v) is 20.4. The first-order chi connectivity index (χ1) is 15.8. The number of aromatic nitrogens is 1. The quantitative estimate of drug-likeness (QED) is 0.492. The van der Waals surface area contributed by atoms with E-state index in [-0.39, 0.29) is 5.56 Å². The fourth-order valence-electron chi connectivity index (χ4n) is 3.68. The van der Waals surface area contributed by atoms with E-state index in [4.69, 9.17) is 32.7 Å². The maximum atomic E-state index is 13.5. The molecule has 33 heavy (non-hydrogen) atoms. The second kappa shape index (κ2) is 9.55. The highest BCUT2D eigenvalue weighted by molar-refractivity contribution is 7.07. The van der Waals surface area contributed by atoms with Gasteiger partial charge in [0, 0.05) is 10.0 Å². The number of hydrogen-bond acceptors (Lipinski definition) is 6. The van der Waals surface area contributed by atoms with E-state index < -0.39 is 12.0 Å². The number of benzene rings is 2. The van der Waals surface area contributed by atoms with Gasteiger partial charge in [0.05, 0.1) is 35.6 Å². The van der Waals surface area contributed by atoms with Crippen molar-refractivity contribution in [2.75, 3.05) is 13.7 Å². The van der Waals surface area contributed by atoms with Crippen LogP contribution in [0, 0.1) is 0 Å². The highest BCUT2D eigenvalue weighted by atomic mass is 35.5. The van der Waals surface area contributed by atoms with Crippen molar-refractivity contribution in [2.24, 2.45) is 4.99 Å². The number of hydrogen-bond donors (Lipinski definition) is 0. The Morgan fingerprint density at radius 3 is 2.58 bits per heavy atom. The number of nitrogens with zero attached hydrogens (tertiary/aromatic N) is 2. The number of thiazole rings is 1. The SMILES string of the molecule is CCOc1ccc(C2C(C(=O)OC)=C(C)N=c3s/c(=C\c4ccc(Cl)cc4Cl)c(=O)n32)cc1. The van der Waals surface area contributed by atoms with Gasteiger partial charge in [-0.05, 0) is 55.3 Å². The van der Waals surface area contributed by atoms with Crippen LogP contribution in [0.25, 0.3) is 6.08 Å². The standard InChI is InChI=1S/C24H20Cl2N2O4S/c1-4-32-17-9-6-14(7-10-17)21-20(23(30)31-3)13(2)27-24-28(21)22(29)19(33-24)11-15-5-8-16(25)12-18(15)26/h5-12,21H,4H2,1-3H3/b19-11-. The van der Waals surface area contributed by atoms with Crippen LogP contribution < -0.4 is 19.6 Å². The van der Waals surface area contributed by atoms with E-state index in [1.54, 1.807) is 31.2 Å². The van der Waals surface area contributed by atoms with Crippen LogP contribution in [0.4, 0.5) is 0 Å². The Bertz CT molecular complexity index is 1440. The van der Waals surface area contributed by atoms with E-state index in [9.17, 15) is 9.59 Å². The molecule has 6 nitrogen and oxygen atoms in total. The highest BCUT2D eigenvalue weighted by Crippen LogP contribution is 2.31. The molecule has 0 radical (unpaired) electrons. The zero-order chi connectivity index (χ0) is 23.7. The third-order valence-corrected chi connectivity index (χ3v) is 6.73. The lowest BCUT2D eigenvalue weighted by molar-refractivity contribution is -0.136. The van der Waals surface area contributed by atoms with Gasteiger partial charge < -0.3 is 9.47 Å². The van der Waals surface area contributed by atoms with Crippen molar-refractivity contribution in [1.82, 2.24) is 4.57 Å². The predicted molar refractivity (Wildman–Crippen MR) is 130 cm³/mol. The molecule has 4 rings (SSSR count). The maximum Gasteiger partial charge on any atom is 0.338 e. The number of carbonyl (C=O) groups excluding carboxylic acids is 1. The molecule has 0 fully saturated rings. The molecule has 9 heteroatoms. The van der Waals surface area contributed by atoms with Gasteiger partial charge in [-0.25, -0.2) is 9.79 Å². The minimum Gasteiger partial charge on any atom is -0.494 e. The Balaban J connectivity index is 1.93. The molecular weight excluding hydrogens is 483 g/mol.